The van der Waals surface area contributed by atoms with Crippen LogP contribution in [0.4, 0.5) is 10.5 Å². The maximum Gasteiger partial charge on any atom is 0.293 e. The van der Waals surface area contributed by atoms with E-state index >= 15 is 0 Å². The first-order valence-electron chi connectivity index (χ1n) is 9.96. The van der Waals surface area contributed by atoms with E-state index in [1.165, 1.54) is 12.1 Å². The van der Waals surface area contributed by atoms with Crippen molar-refractivity contribution in [1.29, 1.82) is 0 Å². The number of nitro benzene ring substituents is 1. The van der Waals surface area contributed by atoms with Crippen molar-refractivity contribution in [3.8, 4) is 5.75 Å². The average Bonchev–Trinajstić information content (AvgIpc) is 3.08. The molecule has 2 amide bonds. The van der Waals surface area contributed by atoms with Gasteiger partial charge in [-0.1, -0.05) is 47.5 Å². The molecule has 0 atom stereocenters. The van der Waals surface area contributed by atoms with Crippen molar-refractivity contribution in [1.82, 2.24) is 4.90 Å². The molecule has 1 saturated heterocycles. The molecule has 0 unspecified atom stereocenters. The van der Waals surface area contributed by atoms with Crippen molar-refractivity contribution < 1.29 is 19.2 Å². The van der Waals surface area contributed by atoms with E-state index in [0.29, 0.717) is 26.9 Å². The van der Waals surface area contributed by atoms with Crippen LogP contribution in [-0.2, 0) is 17.9 Å². The van der Waals surface area contributed by atoms with E-state index in [9.17, 15) is 19.7 Å². The number of rotatable bonds is 7. The van der Waals surface area contributed by atoms with Gasteiger partial charge in [-0.3, -0.25) is 24.6 Å². The van der Waals surface area contributed by atoms with Crippen molar-refractivity contribution in [2.45, 2.75) is 13.2 Å². The van der Waals surface area contributed by atoms with Crippen LogP contribution in [0.5, 0.6) is 5.75 Å². The van der Waals surface area contributed by atoms with Crippen LogP contribution in [0.2, 0.25) is 10.0 Å². The highest BCUT2D eigenvalue weighted by Crippen LogP contribution is 2.35. The van der Waals surface area contributed by atoms with Gasteiger partial charge in [-0.15, -0.1) is 0 Å². The Morgan fingerprint density at radius 1 is 0.971 bits per heavy atom. The second-order valence-electron chi connectivity index (χ2n) is 7.27. The van der Waals surface area contributed by atoms with Crippen LogP contribution in [0.3, 0.4) is 0 Å². The van der Waals surface area contributed by atoms with E-state index in [0.717, 1.165) is 22.2 Å². The van der Waals surface area contributed by atoms with Gasteiger partial charge in [-0.05, 0) is 59.3 Å². The molecule has 1 aliphatic rings. The minimum Gasteiger partial charge on any atom is -0.488 e. The first-order valence-corrected chi connectivity index (χ1v) is 11.5. The lowest BCUT2D eigenvalue weighted by Crippen LogP contribution is -2.27. The summed E-state index contributed by atoms with van der Waals surface area (Å²) in [7, 11) is 0. The van der Waals surface area contributed by atoms with E-state index in [2.05, 4.69) is 0 Å². The number of halogens is 2. The summed E-state index contributed by atoms with van der Waals surface area (Å²) in [6, 6.07) is 18.1. The largest absolute Gasteiger partial charge is 0.488 e. The Bertz CT molecular complexity index is 1310. The molecular weight excluding hydrogens is 499 g/mol. The molecule has 172 valence electrons. The first-order chi connectivity index (χ1) is 16.3. The number of nitrogens with zero attached hydrogens (tertiary/aromatic N) is 2. The average molecular weight is 515 g/mol. The number of imide groups is 1. The molecule has 0 spiro atoms. The minimum atomic E-state index is -0.464. The third kappa shape index (κ3) is 5.41. The number of nitro groups is 1. The summed E-state index contributed by atoms with van der Waals surface area (Å²) < 4.78 is 5.88. The topological polar surface area (TPSA) is 89.7 Å². The second-order valence-corrected chi connectivity index (χ2v) is 9.07. The van der Waals surface area contributed by atoms with Crippen molar-refractivity contribution >= 4 is 57.9 Å². The summed E-state index contributed by atoms with van der Waals surface area (Å²) in [4.78, 5) is 37.2. The number of non-ortho nitro benzene ring substituents is 1. The Labute approximate surface area is 209 Å². The van der Waals surface area contributed by atoms with Crippen molar-refractivity contribution in [3.63, 3.8) is 0 Å². The molecule has 0 bridgehead atoms. The number of para-hydroxylation sites is 1. The van der Waals surface area contributed by atoms with Crippen LogP contribution < -0.4 is 4.74 Å². The molecule has 1 aliphatic heterocycles. The fraction of sp³-hybridized carbons (Fsp3) is 0.0833. The number of hydrogen-bond donors (Lipinski definition) is 0. The molecule has 10 heteroatoms. The normalized spacial score (nSPS) is 14.6. The summed E-state index contributed by atoms with van der Waals surface area (Å²) in [5, 5.41) is 11.2. The van der Waals surface area contributed by atoms with Crippen LogP contribution in [0.25, 0.3) is 6.08 Å². The monoisotopic (exact) mass is 514 g/mol. The molecule has 7 nitrogen and oxygen atoms in total. The van der Waals surface area contributed by atoms with E-state index < -0.39 is 10.8 Å². The molecular formula is C24H16Cl2N2O5S. The van der Waals surface area contributed by atoms with E-state index in [1.807, 2.05) is 0 Å². The number of benzene rings is 3. The summed E-state index contributed by atoms with van der Waals surface area (Å²) in [6.45, 7) is 0.263. The zero-order valence-corrected chi connectivity index (χ0v) is 19.8. The Kier molecular flexibility index (Phi) is 7.21. The molecule has 34 heavy (non-hydrogen) atoms. The summed E-state index contributed by atoms with van der Waals surface area (Å²) >= 11 is 12.8. The van der Waals surface area contributed by atoms with Crippen molar-refractivity contribution in [3.05, 3.63) is 108 Å². The van der Waals surface area contributed by atoms with E-state index in [-0.39, 0.29) is 29.0 Å². The Hall–Kier alpha value is -3.33. The van der Waals surface area contributed by atoms with Gasteiger partial charge in [0.15, 0.2) is 0 Å². The van der Waals surface area contributed by atoms with Gasteiger partial charge in [0.1, 0.15) is 12.4 Å². The third-order valence-electron chi connectivity index (χ3n) is 4.95. The number of amides is 2. The van der Waals surface area contributed by atoms with Crippen molar-refractivity contribution in [2.75, 3.05) is 0 Å². The highest BCUT2D eigenvalue weighted by atomic mass is 35.5. The van der Waals surface area contributed by atoms with Gasteiger partial charge in [0.2, 0.25) is 0 Å². The van der Waals surface area contributed by atoms with Crippen LogP contribution >= 0.6 is 35.0 Å². The molecule has 0 aliphatic carbocycles. The smallest absolute Gasteiger partial charge is 0.293 e. The fourth-order valence-electron chi connectivity index (χ4n) is 3.20. The highest BCUT2D eigenvalue weighted by Gasteiger charge is 2.35. The summed E-state index contributed by atoms with van der Waals surface area (Å²) in [5.41, 5.74) is 2.07. The van der Waals surface area contributed by atoms with Gasteiger partial charge < -0.3 is 4.74 Å². The van der Waals surface area contributed by atoms with Crippen LogP contribution in [-0.4, -0.2) is 21.0 Å². The standard InChI is InChI=1S/C24H16Cl2N2O5S/c25-19-10-7-16(11-20(19)26)13-27-23(29)22(34-24(27)30)12-17-3-1-2-4-21(17)33-14-15-5-8-18(9-6-15)28(31)32/h1-12H,13-14H2/b22-12-. The first kappa shape index (κ1) is 23.8. The van der Waals surface area contributed by atoms with Gasteiger partial charge in [-0.2, -0.15) is 0 Å². The molecule has 1 heterocycles. The third-order valence-corrected chi connectivity index (χ3v) is 6.59. The van der Waals surface area contributed by atoms with E-state index in [1.54, 1.807) is 60.7 Å². The number of ether oxygens (including phenoxy) is 1. The van der Waals surface area contributed by atoms with Gasteiger partial charge in [0, 0.05) is 17.7 Å². The van der Waals surface area contributed by atoms with Crippen molar-refractivity contribution in [2.24, 2.45) is 0 Å². The lowest BCUT2D eigenvalue weighted by molar-refractivity contribution is -0.384. The molecule has 3 aromatic rings. The van der Waals surface area contributed by atoms with E-state index in [4.69, 9.17) is 27.9 Å². The van der Waals surface area contributed by atoms with Crippen LogP contribution in [0.15, 0.2) is 71.6 Å². The van der Waals surface area contributed by atoms with Crippen LogP contribution in [0.1, 0.15) is 16.7 Å². The number of carbonyl (C=O) groups excluding carboxylic acids is 2. The molecule has 0 saturated carbocycles. The Morgan fingerprint density at radius 3 is 2.38 bits per heavy atom. The minimum absolute atomic E-state index is 0.000692. The maximum atomic E-state index is 12.9. The zero-order valence-electron chi connectivity index (χ0n) is 17.4. The molecule has 1 fully saturated rings. The quantitative estimate of drug-likeness (QED) is 0.197. The predicted octanol–water partition coefficient (Wildman–Crippen LogP) is 6.72. The number of hydrogen-bond acceptors (Lipinski definition) is 6. The molecule has 3 aromatic carbocycles. The summed E-state index contributed by atoms with van der Waals surface area (Å²) in [6.07, 6.45) is 1.62. The molecule has 4 rings (SSSR count). The predicted molar refractivity (Wildman–Crippen MR) is 132 cm³/mol. The highest BCUT2D eigenvalue weighted by molar-refractivity contribution is 8.18. The summed E-state index contributed by atoms with van der Waals surface area (Å²) in [5.74, 6) is 0.100. The lowest BCUT2D eigenvalue weighted by Gasteiger charge is -2.13. The number of thioether (sulfide) groups is 1. The second kappa shape index (κ2) is 10.3. The molecule has 0 aromatic heterocycles. The number of carbonyl (C=O) groups is 2. The Balaban J connectivity index is 1.49. The zero-order chi connectivity index (χ0) is 24.2. The lowest BCUT2D eigenvalue weighted by atomic mass is 10.1. The van der Waals surface area contributed by atoms with Gasteiger partial charge in [0.25, 0.3) is 16.8 Å². The SMILES string of the molecule is O=C1S/C(=C\c2ccccc2OCc2ccc([N+](=O)[O-])cc2)C(=O)N1Cc1ccc(Cl)c(Cl)c1. The van der Waals surface area contributed by atoms with Crippen LogP contribution in [0, 0.1) is 10.1 Å². The maximum absolute atomic E-state index is 12.9. The molecule has 0 radical (unpaired) electrons. The van der Waals surface area contributed by atoms with Gasteiger partial charge >= 0.3 is 0 Å². The van der Waals surface area contributed by atoms with Gasteiger partial charge in [0.05, 0.1) is 26.4 Å². The Morgan fingerprint density at radius 2 is 1.68 bits per heavy atom. The molecule has 0 N–H and O–H groups in total. The van der Waals surface area contributed by atoms with Gasteiger partial charge in [-0.25, -0.2) is 0 Å². The fourth-order valence-corrected chi connectivity index (χ4v) is 4.35.